The maximum Gasteiger partial charge on any atom is 0.249 e. The second kappa shape index (κ2) is 4.20. The van der Waals surface area contributed by atoms with Gasteiger partial charge in [-0.25, -0.2) is 13.6 Å². The van der Waals surface area contributed by atoms with Crippen molar-refractivity contribution in [2.24, 2.45) is 5.14 Å². The molecule has 0 radical (unpaired) electrons. The maximum absolute atomic E-state index is 11.3. The molecule has 0 fully saturated rings. The molecule has 0 saturated carbocycles. The molecule has 15 heavy (non-hydrogen) atoms. The van der Waals surface area contributed by atoms with Crippen LogP contribution in [-0.2, 0) is 10.0 Å². The third-order valence-corrected chi connectivity index (χ3v) is 3.90. The zero-order valence-corrected chi connectivity index (χ0v) is 9.62. The van der Waals surface area contributed by atoms with Crippen molar-refractivity contribution in [3.8, 4) is 5.75 Å². The lowest BCUT2D eigenvalue weighted by molar-refractivity contribution is 0.167. The number of para-hydroxylation sites is 1. The Labute approximate surface area is 90.1 Å². The number of nitrogens with two attached hydrogens (primary N) is 1. The van der Waals surface area contributed by atoms with Crippen molar-refractivity contribution in [3.63, 3.8) is 0 Å². The molecular formula is C10H15NO3S. The molecule has 0 aliphatic carbocycles. The van der Waals surface area contributed by atoms with Gasteiger partial charge >= 0.3 is 0 Å². The van der Waals surface area contributed by atoms with Gasteiger partial charge in [0.2, 0.25) is 15.0 Å². The van der Waals surface area contributed by atoms with Gasteiger partial charge in [-0.2, -0.15) is 0 Å². The summed E-state index contributed by atoms with van der Waals surface area (Å²) < 4.78 is 28.1. The van der Waals surface area contributed by atoms with Gasteiger partial charge in [0.15, 0.2) is 0 Å². The van der Waals surface area contributed by atoms with Gasteiger partial charge in [-0.15, -0.1) is 0 Å². The van der Waals surface area contributed by atoms with Crippen LogP contribution in [0.15, 0.2) is 30.3 Å². The van der Waals surface area contributed by atoms with E-state index in [1.165, 1.54) is 6.92 Å². The Balaban J connectivity index is 2.97. The van der Waals surface area contributed by atoms with Gasteiger partial charge in [-0.05, 0) is 19.1 Å². The lowest BCUT2D eigenvalue weighted by Gasteiger charge is -2.26. The number of hydrogen-bond acceptors (Lipinski definition) is 3. The van der Waals surface area contributed by atoms with Crippen LogP contribution in [0, 0.1) is 0 Å². The van der Waals surface area contributed by atoms with E-state index in [1.54, 1.807) is 31.2 Å². The van der Waals surface area contributed by atoms with E-state index in [0.29, 0.717) is 12.2 Å². The first-order valence-electron chi connectivity index (χ1n) is 4.65. The number of benzene rings is 1. The molecule has 4 nitrogen and oxygen atoms in total. The Morgan fingerprint density at radius 1 is 1.33 bits per heavy atom. The highest BCUT2D eigenvalue weighted by Crippen LogP contribution is 2.24. The summed E-state index contributed by atoms with van der Waals surface area (Å²) in [5.41, 5.74) is 0. The molecule has 1 atom stereocenters. The van der Waals surface area contributed by atoms with Crippen LogP contribution in [0.2, 0.25) is 0 Å². The predicted octanol–water partition coefficient (Wildman–Crippen LogP) is 1.48. The van der Waals surface area contributed by atoms with E-state index in [-0.39, 0.29) is 0 Å². The summed E-state index contributed by atoms with van der Waals surface area (Å²) in [5.74, 6) is 0.496. The van der Waals surface area contributed by atoms with Crippen LogP contribution in [0.5, 0.6) is 5.75 Å². The van der Waals surface area contributed by atoms with Gasteiger partial charge in [0.1, 0.15) is 5.75 Å². The fourth-order valence-corrected chi connectivity index (χ4v) is 1.68. The van der Waals surface area contributed by atoms with Crippen molar-refractivity contribution in [3.05, 3.63) is 30.3 Å². The molecule has 0 spiro atoms. The molecule has 84 valence electrons. The van der Waals surface area contributed by atoms with Gasteiger partial charge in [-0.1, -0.05) is 25.1 Å². The van der Waals surface area contributed by atoms with Crippen molar-refractivity contribution < 1.29 is 13.2 Å². The molecule has 2 N–H and O–H groups in total. The first-order chi connectivity index (χ1) is 6.89. The third kappa shape index (κ3) is 2.70. The molecule has 0 aliphatic heterocycles. The quantitative estimate of drug-likeness (QED) is 0.850. The van der Waals surface area contributed by atoms with Gasteiger partial charge in [0.25, 0.3) is 0 Å². The molecule has 1 aromatic carbocycles. The lowest BCUT2D eigenvalue weighted by Crippen LogP contribution is -2.45. The smallest absolute Gasteiger partial charge is 0.249 e. The Bertz CT molecular complexity index is 416. The van der Waals surface area contributed by atoms with Crippen LogP contribution in [0.25, 0.3) is 0 Å². The number of ether oxygens (including phenoxy) is 1. The van der Waals surface area contributed by atoms with E-state index in [0.717, 1.165) is 0 Å². The zero-order chi connectivity index (χ0) is 11.5. The second-order valence-corrected chi connectivity index (χ2v) is 5.40. The second-order valence-electron chi connectivity index (χ2n) is 3.45. The highest BCUT2D eigenvalue weighted by atomic mass is 32.2. The minimum atomic E-state index is -3.73. The minimum absolute atomic E-state index is 0.292. The van der Waals surface area contributed by atoms with E-state index in [2.05, 4.69) is 0 Å². The van der Waals surface area contributed by atoms with E-state index in [1.807, 2.05) is 6.07 Å². The molecule has 5 heteroatoms. The largest absolute Gasteiger partial charge is 0.470 e. The normalized spacial score (nSPS) is 15.7. The van der Waals surface area contributed by atoms with Crippen LogP contribution in [0.3, 0.4) is 0 Å². The minimum Gasteiger partial charge on any atom is -0.470 e. The number of rotatable bonds is 4. The summed E-state index contributed by atoms with van der Waals surface area (Å²) in [6, 6.07) is 8.76. The van der Waals surface area contributed by atoms with Crippen molar-refractivity contribution in [1.82, 2.24) is 0 Å². The van der Waals surface area contributed by atoms with E-state index in [9.17, 15) is 8.42 Å². The van der Waals surface area contributed by atoms with E-state index in [4.69, 9.17) is 9.88 Å². The predicted molar refractivity (Wildman–Crippen MR) is 58.9 cm³/mol. The maximum atomic E-state index is 11.3. The zero-order valence-electron chi connectivity index (χ0n) is 8.80. The van der Waals surface area contributed by atoms with Crippen LogP contribution in [-0.4, -0.2) is 13.4 Å². The third-order valence-electron chi connectivity index (χ3n) is 2.32. The van der Waals surface area contributed by atoms with Crippen molar-refractivity contribution in [2.75, 3.05) is 0 Å². The highest BCUT2D eigenvalue weighted by molar-refractivity contribution is 7.90. The molecule has 0 saturated heterocycles. The standard InChI is InChI=1S/C10H15NO3S/c1-3-10(2,15(11,12)13)14-9-7-5-4-6-8-9/h4-8H,3H2,1-2H3,(H2,11,12,13). The number of sulfonamides is 1. The fourth-order valence-electron chi connectivity index (χ4n) is 1.07. The van der Waals surface area contributed by atoms with Gasteiger partial charge in [-0.3, -0.25) is 0 Å². The summed E-state index contributed by atoms with van der Waals surface area (Å²) in [4.78, 5) is -1.37. The summed E-state index contributed by atoms with van der Waals surface area (Å²) in [6.07, 6.45) is 0.292. The Kier molecular flexibility index (Phi) is 3.36. The monoisotopic (exact) mass is 229 g/mol. The number of hydrogen-bond donors (Lipinski definition) is 1. The average molecular weight is 229 g/mol. The lowest BCUT2D eigenvalue weighted by atomic mass is 10.3. The summed E-state index contributed by atoms with van der Waals surface area (Å²) in [6.45, 7) is 3.18. The van der Waals surface area contributed by atoms with E-state index < -0.39 is 15.0 Å². The Morgan fingerprint density at radius 2 is 1.87 bits per heavy atom. The fraction of sp³-hybridized carbons (Fsp3) is 0.400. The summed E-state index contributed by atoms with van der Waals surface area (Å²) >= 11 is 0. The first kappa shape index (κ1) is 12.0. The van der Waals surface area contributed by atoms with Gasteiger partial charge in [0.05, 0.1) is 0 Å². The molecule has 0 aliphatic rings. The molecule has 0 amide bonds. The Morgan fingerprint density at radius 3 is 2.27 bits per heavy atom. The molecule has 1 aromatic rings. The molecule has 0 bridgehead atoms. The highest BCUT2D eigenvalue weighted by Gasteiger charge is 2.37. The van der Waals surface area contributed by atoms with Crippen molar-refractivity contribution in [1.29, 1.82) is 0 Å². The molecule has 0 aromatic heterocycles. The van der Waals surface area contributed by atoms with Crippen LogP contribution >= 0.6 is 0 Å². The molecular weight excluding hydrogens is 214 g/mol. The molecule has 1 rings (SSSR count). The molecule has 1 unspecified atom stereocenters. The van der Waals surface area contributed by atoms with Crippen molar-refractivity contribution >= 4 is 10.0 Å². The first-order valence-corrected chi connectivity index (χ1v) is 6.20. The SMILES string of the molecule is CCC(C)(Oc1ccccc1)S(N)(=O)=O. The van der Waals surface area contributed by atoms with Crippen molar-refractivity contribution in [2.45, 2.75) is 25.2 Å². The van der Waals surface area contributed by atoms with E-state index >= 15 is 0 Å². The number of primary sulfonamides is 1. The summed E-state index contributed by atoms with van der Waals surface area (Å²) in [5, 5.41) is 5.12. The van der Waals surface area contributed by atoms with Gasteiger partial charge in [0, 0.05) is 6.42 Å². The van der Waals surface area contributed by atoms with Crippen LogP contribution in [0.1, 0.15) is 20.3 Å². The van der Waals surface area contributed by atoms with Gasteiger partial charge < -0.3 is 4.74 Å². The van der Waals surface area contributed by atoms with Crippen LogP contribution < -0.4 is 9.88 Å². The van der Waals surface area contributed by atoms with Crippen LogP contribution in [0.4, 0.5) is 0 Å². The summed E-state index contributed by atoms with van der Waals surface area (Å²) in [7, 11) is -3.73. The Hall–Kier alpha value is -1.07. The molecule has 0 heterocycles. The topological polar surface area (TPSA) is 69.4 Å². The average Bonchev–Trinajstić information content (AvgIpc) is 2.17.